The van der Waals surface area contributed by atoms with E-state index in [4.69, 9.17) is 27.9 Å². The van der Waals surface area contributed by atoms with Gasteiger partial charge in [0.25, 0.3) is 0 Å². The Kier molecular flexibility index (Phi) is 5.70. The van der Waals surface area contributed by atoms with Crippen LogP contribution in [0.3, 0.4) is 0 Å². The highest BCUT2D eigenvalue weighted by atomic mass is 35.5. The van der Waals surface area contributed by atoms with Crippen molar-refractivity contribution in [2.75, 3.05) is 6.61 Å². The number of hydrogen-bond acceptors (Lipinski definition) is 2. The predicted molar refractivity (Wildman–Crippen MR) is 76.8 cm³/mol. The summed E-state index contributed by atoms with van der Waals surface area (Å²) in [6.07, 6.45) is -5.43. The number of ketones is 1. The average molecular weight is 341 g/mol. The molecule has 0 aliphatic rings. The van der Waals surface area contributed by atoms with Gasteiger partial charge in [-0.3, -0.25) is 4.79 Å². The maximum Gasteiger partial charge on any atom is 0.421 e. The fourth-order valence-electron chi connectivity index (χ4n) is 1.46. The van der Waals surface area contributed by atoms with Crippen molar-refractivity contribution in [1.82, 2.24) is 0 Å². The van der Waals surface area contributed by atoms with E-state index in [1.807, 2.05) is 0 Å². The van der Waals surface area contributed by atoms with Crippen LogP contribution >= 0.6 is 23.2 Å². The average Bonchev–Trinajstić information content (AvgIpc) is 2.35. The smallest absolute Gasteiger partial charge is 0.421 e. The number of carbonyl (C=O) groups is 1. The van der Waals surface area contributed by atoms with Crippen molar-refractivity contribution in [2.24, 2.45) is 0 Å². The molecular formula is C14H13Cl2F3O2. The second kappa shape index (κ2) is 6.71. The standard InChI is InChI=1S/C14H13Cl2F3O2/c1-9(7-13(15,16)14(17,18)19)11-4-3-5-12(6-11)21-8-10(2)20/h3-6H,1,7-8H2,2H3. The Morgan fingerprint density at radius 3 is 2.48 bits per heavy atom. The summed E-state index contributed by atoms with van der Waals surface area (Å²) in [7, 11) is 0. The Morgan fingerprint density at radius 2 is 1.95 bits per heavy atom. The summed E-state index contributed by atoms with van der Waals surface area (Å²) in [5.74, 6) is 0.183. The molecule has 0 fully saturated rings. The van der Waals surface area contributed by atoms with Gasteiger partial charge >= 0.3 is 6.18 Å². The van der Waals surface area contributed by atoms with Gasteiger partial charge < -0.3 is 4.74 Å². The van der Waals surface area contributed by atoms with E-state index in [0.717, 1.165) is 0 Å². The van der Waals surface area contributed by atoms with Gasteiger partial charge in [-0.2, -0.15) is 13.2 Å². The molecule has 1 aromatic carbocycles. The van der Waals surface area contributed by atoms with Crippen molar-refractivity contribution in [3.8, 4) is 5.75 Å². The van der Waals surface area contributed by atoms with Crippen LogP contribution in [0.4, 0.5) is 13.2 Å². The summed E-state index contributed by atoms with van der Waals surface area (Å²) in [5, 5.41) is 0. The zero-order chi connectivity index (χ0) is 16.3. The lowest BCUT2D eigenvalue weighted by Crippen LogP contribution is -2.34. The molecule has 0 heterocycles. The molecule has 0 saturated carbocycles. The third kappa shape index (κ3) is 5.25. The monoisotopic (exact) mass is 340 g/mol. The molecule has 0 atom stereocenters. The molecule has 0 saturated heterocycles. The van der Waals surface area contributed by atoms with Crippen molar-refractivity contribution in [2.45, 2.75) is 23.9 Å². The van der Waals surface area contributed by atoms with Gasteiger partial charge in [0.15, 0.2) is 5.78 Å². The number of benzene rings is 1. The molecule has 0 unspecified atom stereocenters. The van der Waals surface area contributed by atoms with Crippen LogP contribution in [0, 0.1) is 0 Å². The van der Waals surface area contributed by atoms with E-state index < -0.39 is 16.9 Å². The summed E-state index contributed by atoms with van der Waals surface area (Å²) < 4.78 is 40.2. The van der Waals surface area contributed by atoms with Crippen LogP contribution in [0.1, 0.15) is 18.9 Å². The molecule has 0 aliphatic heterocycles. The summed E-state index contributed by atoms with van der Waals surface area (Å²) in [6, 6.07) is 6.19. The van der Waals surface area contributed by atoms with Gasteiger partial charge in [-0.15, -0.1) is 0 Å². The Balaban J connectivity index is 2.84. The number of ether oxygens (including phenoxy) is 1. The minimum absolute atomic E-state index is 0.116. The van der Waals surface area contributed by atoms with Crippen molar-refractivity contribution in [3.05, 3.63) is 36.4 Å². The van der Waals surface area contributed by atoms with Crippen molar-refractivity contribution < 1.29 is 22.7 Å². The number of hydrogen-bond donors (Lipinski definition) is 0. The molecule has 116 valence electrons. The third-order valence-electron chi connectivity index (χ3n) is 2.53. The van der Waals surface area contributed by atoms with Crippen molar-refractivity contribution in [1.29, 1.82) is 0 Å². The highest BCUT2D eigenvalue weighted by molar-refractivity contribution is 6.49. The Morgan fingerprint density at radius 1 is 1.33 bits per heavy atom. The molecule has 0 N–H and O–H groups in total. The predicted octanol–water partition coefficient (Wildman–Crippen LogP) is 4.79. The summed E-state index contributed by atoms with van der Waals surface area (Å²) in [5.41, 5.74) is 0.525. The van der Waals surface area contributed by atoms with E-state index >= 15 is 0 Å². The number of allylic oxidation sites excluding steroid dienone is 1. The van der Waals surface area contributed by atoms with Crippen LogP contribution in [0.15, 0.2) is 30.8 Å². The van der Waals surface area contributed by atoms with Crippen LogP contribution < -0.4 is 4.74 Å². The lowest BCUT2D eigenvalue weighted by atomic mass is 10.0. The van der Waals surface area contributed by atoms with Gasteiger partial charge in [0.05, 0.1) is 0 Å². The number of halogens is 5. The zero-order valence-corrected chi connectivity index (χ0v) is 12.6. The molecule has 21 heavy (non-hydrogen) atoms. The highest BCUT2D eigenvalue weighted by Crippen LogP contribution is 2.45. The summed E-state index contributed by atoms with van der Waals surface area (Å²) in [4.78, 5) is 10.8. The van der Waals surface area contributed by atoms with Gasteiger partial charge in [-0.1, -0.05) is 41.9 Å². The Hall–Kier alpha value is -1.20. The third-order valence-corrected chi connectivity index (χ3v) is 3.23. The van der Waals surface area contributed by atoms with Crippen molar-refractivity contribution >= 4 is 34.6 Å². The van der Waals surface area contributed by atoms with E-state index in [-0.39, 0.29) is 18.0 Å². The first kappa shape index (κ1) is 17.9. The van der Waals surface area contributed by atoms with Crippen molar-refractivity contribution in [3.63, 3.8) is 0 Å². The lowest BCUT2D eigenvalue weighted by Gasteiger charge is -2.23. The minimum Gasteiger partial charge on any atom is -0.486 e. The lowest BCUT2D eigenvalue weighted by molar-refractivity contribution is -0.140. The van der Waals surface area contributed by atoms with E-state index in [1.54, 1.807) is 18.2 Å². The van der Waals surface area contributed by atoms with E-state index in [2.05, 4.69) is 6.58 Å². The van der Waals surface area contributed by atoms with Gasteiger partial charge in [0, 0.05) is 6.42 Å². The van der Waals surface area contributed by atoms with Crippen LogP contribution in [0.25, 0.3) is 5.57 Å². The molecule has 0 aromatic heterocycles. The first-order valence-corrected chi connectivity index (χ1v) is 6.63. The van der Waals surface area contributed by atoms with Crippen LogP contribution in [-0.2, 0) is 4.79 Å². The molecule has 2 nitrogen and oxygen atoms in total. The van der Waals surface area contributed by atoms with E-state index in [9.17, 15) is 18.0 Å². The molecule has 0 bridgehead atoms. The quantitative estimate of drug-likeness (QED) is 0.695. The molecule has 0 radical (unpaired) electrons. The molecule has 1 aromatic rings. The number of carbonyl (C=O) groups excluding carboxylic acids is 1. The van der Waals surface area contributed by atoms with E-state index in [1.165, 1.54) is 13.0 Å². The largest absolute Gasteiger partial charge is 0.486 e. The fraction of sp³-hybridized carbons (Fsp3) is 0.357. The van der Waals surface area contributed by atoms with Gasteiger partial charge in [-0.05, 0) is 30.2 Å². The summed E-state index contributed by atoms with van der Waals surface area (Å²) in [6.45, 7) is 4.81. The topological polar surface area (TPSA) is 26.3 Å². The first-order chi connectivity index (χ1) is 9.53. The van der Waals surface area contributed by atoms with Gasteiger partial charge in [-0.25, -0.2) is 0 Å². The molecule has 1 rings (SSSR count). The molecule has 0 amide bonds. The fourth-order valence-corrected chi connectivity index (χ4v) is 1.78. The van der Waals surface area contributed by atoms with Crippen LogP contribution in [0.5, 0.6) is 5.75 Å². The zero-order valence-electron chi connectivity index (χ0n) is 11.1. The van der Waals surface area contributed by atoms with Gasteiger partial charge in [0.1, 0.15) is 12.4 Å². The van der Waals surface area contributed by atoms with Crippen LogP contribution in [0.2, 0.25) is 0 Å². The maximum atomic E-state index is 12.6. The molecule has 0 aliphatic carbocycles. The SMILES string of the molecule is C=C(CC(Cl)(Cl)C(F)(F)F)c1cccc(OCC(C)=O)c1. The Bertz CT molecular complexity index is 539. The highest BCUT2D eigenvalue weighted by Gasteiger charge is 2.52. The number of alkyl halides is 5. The number of Topliss-reactive ketones (excluding diaryl/α,β-unsaturated/α-hetero) is 1. The van der Waals surface area contributed by atoms with Crippen LogP contribution in [-0.4, -0.2) is 22.9 Å². The summed E-state index contributed by atoms with van der Waals surface area (Å²) >= 11 is 10.6. The molecule has 7 heteroatoms. The van der Waals surface area contributed by atoms with E-state index in [0.29, 0.717) is 11.3 Å². The molecule has 0 spiro atoms. The molecular weight excluding hydrogens is 328 g/mol. The number of rotatable bonds is 6. The second-order valence-corrected chi connectivity index (χ2v) is 5.98. The maximum absolute atomic E-state index is 12.6. The Labute approximate surface area is 130 Å². The minimum atomic E-state index is -4.76. The second-order valence-electron chi connectivity index (χ2n) is 4.50. The van der Waals surface area contributed by atoms with Gasteiger partial charge in [0.2, 0.25) is 4.33 Å². The first-order valence-electron chi connectivity index (χ1n) is 5.88. The normalized spacial score (nSPS) is 12.1.